The van der Waals surface area contributed by atoms with Crippen LogP contribution in [0.2, 0.25) is 0 Å². The fourth-order valence-corrected chi connectivity index (χ4v) is 5.12. The lowest BCUT2D eigenvalue weighted by molar-refractivity contribution is -0.137. The monoisotopic (exact) mass is 445 g/mol. The molecule has 0 unspecified atom stereocenters. The number of fused-ring (bicyclic) bond motifs is 1. The molecule has 7 heteroatoms. The third kappa shape index (κ3) is 4.68. The maximum absolute atomic E-state index is 12.8. The normalized spacial score (nSPS) is 19.2. The highest BCUT2D eigenvalue weighted by Crippen LogP contribution is 2.41. The largest absolute Gasteiger partial charge is 0.416 e. The van der Waals surface area contributed by atoms with Crippen molar-refractivity contribution in [1.29, 1.82) is 0 Å². The molecule has 0 atom stereocenters. The summed E-state index contributed by atoms with van der Waals surface area (Å²) in [5, 5.41) is 0. The Bertz CT molecular complexity index is 1080. The van der Waals surface area contributed by atoms with Gasteiger partial charge in [0.2, 0.25) is 0 Å². The van der Waals surface area contributed by atoms with Gasteiger partial charge in [-0.1, -0.05) is 37.1 Å². The van der Waals surface area contributed by atoms with Crippen LogP contribution in [0.5, 0.6) is 0 Å². The van der Waals surface area contributed by atoms with Crippen LogP contribution in [-0.4, -0.2) is 28.0 Å². The van der Waals surface area contributed by atoms with E-state index >= 15 is 0 Å². The van der Waals surface area contributed by atoms with Gasteiger partial charge in [0, 0.05) is 31.6 Å². The van der Waals surface area contributed by atoms with Gasteiger partial charge >= 0.3 is 6.18 Å². The van der Waals surface area contributed by atoms with Gasteiger partial charge in [-0.3, -0.25) is 9.69 Å². The molecule has 1 aromatic carbocycles. The number of aromatic nitrogens is 2. The van der Waals surface area contributed by atoms with E-state index in [1.165, 1.54) is 37.0 Å². The molecule has 0 radical (unpaired) electrons. The van der Waals surface area contributed by atoms with Crippen molar-refractivity contribution < 1.29 is 13.2 Å². The Morgan fingerprint density at radius 3 is 2.53 bits per heavy atom. The summed E-state index contributed by atoms with van der Waals surface area (Å²) in [4.78, 5) is 22.4. The van der Waals surface area contributed by atoms with Gasteiger partial charge in [-0.25, -0.2) is 4.98 Å². The minimum Gasteiger partial charge on any atom is -0.306 e. The number of rotatable bonds is 4. The highest BCUT2D eigenvalue weighted by Gasteiger charge is 2.31. The Kier molecular flexibility index (Phi) is 6.05. The van der Waals surface area contributed by atoms with E-state index in [0.29, 0.717) is 29.9 Å². The molecule has 1 aliphatic heterocycles. The highest BCUT2D eigenvalue weighted by atomic mass is 19.4. The third-order valence-corrected chi connectivity index (χ3v) is 7.00. The molecule has 1 N–H and O–H groups in total. The van der Waals surface area contributed by atoms with Crippen molar-refractivity contribution in [3.8, 4) is 11.4 Å². The topological polar surface area (TPSA) is 49.0 Å². The van der Waals surface area contributed by atoms with Gasteiger partial charge in [0.1, 0.15) is 5.82 Å². The fraction of sp³-hybridized carbons (Fsp3) is 0.520. The Morgan fingerprint density at radius 2 is 1.88 bits per heavy atom. The van der Waals surface area contributed by atoms with Crippen LogP contribution in [0, 0.1) is 5.41 Å². The summed E-state index contributed by atoms with van der Waals surface area (Å²) < 4.78 is 38.4. The lowest BCUT2D eigenvalue weighted by Crippen LogP contribution is -2.37. The Hall–Kier alpha value is -2.41. The summed E-state index contributed by atoms with van der Waals surface area (Å²) in [6.07, 6.45) is 0.940. The number of allylic oxidation sites excluding steroid dienone is 1. The Morgan fingerprint density at radius 1 is 1.16 bits per heavy atom. The number of halogens is 3. The number of nitrogens with one attached hydrogen (secondary N) is 1. The second-order valence-electron chi connectivity index (χ2n) is 9.69. The number of aromatic amines is 1. The van der Waals surface area contributed by atoms with Gasteiger partial charge in [0.25, 0.3) is 5.56 Å². The average molecular weight is 446 g/mol. The summed E-state index contributed by atoms with van der Waals surface area (Å²) in [5.74, 6) is 0.320. The lowest BCUT2D eigenvalue weighted by Gasteiger charge is -2.36. The molecule has 2 aliphatic rings. The van der Waals surface area contributed by atoms with Gasteiger partial charge in [-0.15, -0.1) is 0 Å². The number of alkyl halides is 3. The van der Waals surface area contributed by atoms with Crippen molar-refractivity contribution in [2.24, 2.45) is 5.41 Å². The molecule has 1 aromatic heterocycles. The molecule has 1 aliphatic carbocycles. The summed E-state index contributed by atoms with van der Waals surface area (Å²) in [6.45, 7) is 9.19. The van der Waals surface area contributed by atoms with Crippen LogP contribution in [0.4, 0.5) is 13.2 Å². The molecule has 2 aromatic rings. The highest BCUT2D eigenvalue weighted by molar-refractivity contribution is 5.56. The van der Waals surface area contributed by atoms with Crippen molar-refractivity contribution >= 4 is 0 Å². The summed E-state index contributed by atoms with van der Waals surface area (Å²) in [7, 11) is 0. The lowest BCUT2D eigenvalue weighted by atomic mass is 9.71. The zero-order valence-electron chi connectivity index (χ0n) is 18.9. The molecule has 2 heterocycles. The van der Waals surface area contributed by atoms with Gasteiger partial charge in [0.05, 0.1) is 16.8 Å². The molecule has 32 heavy (non-hydrogen) atoms. The van der Waals surface area contributed by atoms with E-state index in [2.05, 4.69) is 35.6 Å². The fourth-order valence-electron chi connectivity index (χ4n) is 5.12. The number of nitrogens with zero attached hydrogens (tertiary/aromatic N) is 2. The molecule has 0 fully saturated rings. The molecule has 0 spiro atoms. The van der Waals surface area contributed by atoms with E-state index in [1.54, 1.807) is 5.57 Å². The third-order valence-electron chi connectivity index (χ3n) is 7.00. The van der Waals surface area contributed by atoms with Gasteiger partial charge < -0.3 is 4.98 Å². The predicted molar refractivity (Wildman–Crippen MR) is 119 cm³/mol. The summed E-state index contributed by atoms with van der Waals surface area (Å²) in [6, 6.07) is 4.73. The number of hydrogen-bond donors (Lipinski definition) is 1. The minimum atomic E-state index is -4.39. The zero-order chi connectivity index (χ0) is 23.1. The van der Waals surface area contributed by atoms with Gasteiger partial charge in [-0.2, -0.15) is 13.2 Å². The molecule has 0 bridgehead atoms. The molecule has 4 nitrogen and oxygen atoms in total. The van der Waals surface area contributed by atoms with E-state index in [-0.39, 0.29) is 11.0 Å². The first-order valence-electron chi connectivity index (χ1n) is 11.3. The zero-order valence-corrected chi connectivity index (χ0v) is 18.9. The van der Waals surface area contributed by atoms with E-state index in [0.717, 1.165) is 37.3 Å². The van der Waals surface area contributed by atoms with Crippen LogP contribution in [0.25, 0.3) is 11.4 Å². The molecule has 0 saturated heterocycles. The average Bonchev–Trinajstić information content (AvgIpc) is 2.72. The number of benzene rings is 1. The van der Waals surface area contributed by atoms with Crippen molar-refractivity contribution in [2.75, 3.05) is 13.1 Å². The first-order chi connectivity index (χ1) is 15.0. The maximum atomic E-state index is 12.8. The van der Waals surface area contributed by atoms with Crippen LogP contribution >= 0.6 is 0 Å². The number of hydrogen-bond acceptors (Lipinski definition) is 3. The second-order valence-corrected chi connectivity index (χ2v) is 9.69. The molecular weight excluding hydrogens is 415 g/mol. The van der Waals surface area contributed by atoms with E-state index in [9.17, 15) is 18.0 Å². The van der Waals surface area contributed by atoms with Gasteiger partial charge in [-0.05, 0) is 50.2 Å². The van der Waals surface area contributed by atoms with Crippen molar-refractivity contribution in [3.63, 3.8) is 0 Å². The van der Waals surface area contributed by atoms with Gasteiger partial charge in [0.15, 0.2) is 0 Å². The second kappa shape index (κ2) is 8.50. The molecule has 172 valence electrons. The summed E-state index contributed by atoms with van der Waals surface area (Å²) >= 11 is 0. The van der Waals surface area contributed by atoms with Crippen LogP contribution in [0.1, 0.15) is 63.3 Å². The summed E-state index contributed by atoms with van der Waals surface area (Å²) in [5.41, 5.74) is 4.27. The Labute approximate surface area is 186 Å². The Balaban J connectivity index is 1.49. The standard InChI is InChI=1S/C25H30F3N3O/c1-16-5-4-12-24(2,3)20(16)10-13-31-14-11-21-19(15-31)23(32)30-22(29-21)17-6-8-18(9-7-17)25(26,27)28/h6-9H,4-5,10-15H2,1-3H3,(H,29,30,32). The minimum absolute atomic E-state index is 0.206. The van der Waals surface area contributed by atoms with E-state index in [1.807, 2.05) is 0 Å². The number of H-pyrrole nitrogens is 1. The van der Waals surface area contributed by atoms with Crippen molar-refractivity contribution in [1.82, 2.24) is 14.9 Å². The molecule has 0 saturated carbocycles. The molecular formula is C25H30F3N3O. The first kappa shape index (κ1) is 22.8. The van der Waals surface area contributed by atoms with Crippen molar-refractivity contribution in [3.05, 3.63) is 62.6 Å². The van der Waals surface area contributed by atoms with E-state index < -0.39 is 11.7 Å². The van der Waals surface area contributed by atoms with Crippen LogP contribution in [0.15, 0.2) is 40.2 Å². The van der Waals surface area contributed by atoms with Crippen molar-refractivity contribution in [2.45, 2.75) is 65.6 Å². The smallest absolute Gasteiger partial charge is 0.306 e. The SMILES string of the molecule is CC1=C(CCN2CCc3nc(-c4ccc(C(F)(F)F)cc4)[nH]c(=O)c3C2)C(C)(C)CCC1. The van der Waals surface area contributed by atoms with Crippen LogP contribution < -0.4 is 5.56 Å². The van der Waals surface area contributed by atoms with E-state index in [4.69, 9.17) is 0 Å². The molecule has 0 amide bonds. The molecule has 4 rings (SSSR count). The van der Waals surface area contributed by atoms with Crippen LogP contribution in [-0.2, 0) is 19.1 Å². The first-order valence-corrected chi connectivity index (χ1v) is 11.3. The predicted octanol–water partition coefficient (Wildman–Crippen LogP) is 5.73. The maximum Gasteiger partial charge on any atom is 0.416 e. The van der Waals surface area contributed by atoms with Crippen LogP contribution in [0.3, 0.4) is 0 Å². The quantitative estimate of drug-likeness (QED) is 0.612.